The van der Waals surface area contributed by atoms with Crippen LogP contribution in [0, 0.1) is 24.2 Å². The highest BCUT2D eigenvalue weighted by molar-refractivity contribution is 5.31. The normalized spacial score (nSPS) is 12.3. The van der Waals surface area contributed by atoms with E-state index in [0.29, 0.717) is 17.5 Å². The lowest BCUT2D eigenvalue weighted by molar-refractivity contribution is 0.148. The Bertz CT molecular complexity index is 960. The van der Waals surface area contributed by atoms with Gasteiger partial charge in [-0.15, -0.1) is 0 Å². The Morgan fingerprint density at radius 1 is 0.931 bits per heavy atom. The first-order valence-electron chi connectivity index (χ1n) is 10.4. The van der Waals surface area contributed by atoms with Crippen molar-refractivity contribution in [2.24, 2.45) is 5.92 Å². The van der Waals surface area contributed by atoms with E-state index in [2.05, 4.69) is 98.0 Å². The third kappa shape index (κ3) is 5.59. The number of benzene rings is 2. The van der Waals surface area contributed by atoms with E-state index < -0.39 is 0 Å². The van der Waals surface area contributed by atoms with Crippen molar-refractivity contribution in [3.63, 3.8) is 0 Å². The van der Waals surface area contributed by atoms with E-state index in [1.54, 1.807) is 0 Å². The lowest BCUT2D eigenvalue weighted by Gasteiger charge is -2.32. The zero-order chi connectivity index (χ0) is 20.8. The summed E-state index contributed by atoms with van der Waals surface area (Å²) in [6, 6.07) is 23.7. The predicted octanol–water partition coefficient (Wildman–Crippen LogP) is 5.76. The molecule has 0 aliphatic heterocycles. The minimum atomic E-state index is 0.452. The summed E-state index contributed by atoms with van der Waals surface area (Å²) in [5.74, 6) is 0.563. The molecule has 2 aromatic carbocycles. The molecule has 0 aliphatic rings. The fourth-order valence-electron chi connectivity index (χ4n) is 3.65. The third-order valence-electron chi connectivity index (χ3n) is 5.73. The van der Waals surface area contributed by atoms with Crippen molar-refractivity contribution >= 4 is 0 Å². The number of aryl methyl sites for hydroxylation is 1. The van der Waals surface area contributed by atoms with E-state index in [0.717, 1.165) is 19.6 Å². The predicted molar refractivity (Wildman–Crippen MR) is 119 cm³/mol. The van der Waals surface area contributed by atoms with E-state index in [1.165, 1.54) is 22.4 Å². The van der Waals surface area contributed by atoms with Gasteiger partial charge < -0.3 is 4.57 Å². The van der Waals surface area contributed by atoms with Crippen LogP contribution in [0.3, 0.4) is 0 Å². The maximum absolute atomic E-state index is 9.05. The van der Waals surface area contributed by atoms with E-state index in [9.17, 15) is 0 Å². The molecule has 0 fully saturated rings. The van der Waals surface area contributed by atoms with Crippen LogP contribution in [0.2, 0.25) is 0 Å². The average Bonchev–Trinajstić information content (AvgIpc) is 3.14. The largest absolute Gasteiger partial charge is 0.346 e. The second-order valence-electron chi connectivity index (χ2n) is 8.31. The zero-order valence-electron chi connectivity index (χ0n) is 18.0. The minimum absolute atomic E-state index is 0.452. The molecule has 1 heterocycles. The van der Waals surface area contributed by atoms with Crippen LogP contribution < -0.4 is 0 Å². The van der Waals surface area contributed by atoms with Gasteiger partial charge in [0.25, 0.3) is 0 Å². The second-order valence-corrected chi connectivity index (χ2v) is 8.31. The van der Waals surface area contributed by atoms with Crippen molar-refractivity contribution in [1.29, 1.82) is 5.26 Å². The van der Waals surface area contributed by atoms with Gasteiger partial charge in [0.15, 0.2) is 0 Å². The van der Waals surface area contributed by atoms with Gasteiger partial charge in [-0.3, -0.25) is 4.90 Å². The molecule has 0 saturated carbocycles. The monoisotopic (exact) mass is 385 g/mol. The third-order valence-corrected chi connectivity index (χ3v) is 5.73. The maximum Gasteiger partial charge on any atom is 0.0991 e. The summed E-state index contributed by atoms with van der Waals surface area (Å²) in [5, 5.41) is 9.05. The second kappa shape index (κ2) is 9.58. The molecule has 1 aromatic heterocycles. The van der Waals surface area contributed by atoms with Gasteiger partial charge in [0.05, 0.1) is 11.6 Å². The standard InChI is InChI=1S/C26H31N3/c1-20(2)22(4)29(17-24-12-10-23(16-27)11-13-24)19-26-9-6-14-28(26)18-25-8-5-7-21(3)15-25/h5-15,20,22H,17-19H2,1-4H3/t22-/m0/s1. The van der Waals surface area contributed by atoms with Gasteiger partial charge in [0, 0.05) is 37.6 Å². The Morgan fingerprint density at radius 3 is 2.34 bits per heavy atom. The molecule has 0 aliphatic carbocycles. The van der Waals surface area contributed by atoms with Gasteiger partial charge in [-0.1, -0.05) is 55.8 Å². The summed E-state index contributed by atoms with van der Waals surface area (Å²) in [7, 11) is 0. The first kappa shape index (κ1) is 20.9. The van der Waals surface area contributed by atoms with Gasteiger partial charge in [0.2, 0.25) is 0 Å². The molecule has 0 saturated heterocycles. The molecule has 0 N–H and O–H groups in total. The van der Waals surface area contributed by atoms with Crippen LogP contribution in [0.25, 0.3) is 0 Å². The van der Waals surface area contributed by atoms with Crippen LogP contribution in [-0.4, -0.2) is 15.5 Å². The van der Waals surface area contributed by atoms with Crippen molar-refractivity contribution < 1.29 is 0 Å². The van der Waals surface area contributed by atoms with Crippen LogP contribution in [0.4, 0.5) is 0 Å². The highest BCUT2D eigenvalue weighted by Crippen LogP contribution is 2.20. The summed E-state index contributed by atoms with van der Waals surface area (Å²) in [6.07, 6.45) is 2.18. The molecule has 3 rings (SSSR count). The molecule has 3 aromatic rings. The summed E-state index contributed by atoms with van der Waals surface area (Å²) in [6.45, 7) is 11.7. The number of hydrogen-bond acceptors (Lipinski definition) is 2. The topological polar surface area (TPSA) is 32.0 Å². The van der Waals surface area contributed by atoms with Crippen molar-refractivity contribution in [1.82, 2.24) is 9.47 Å². The molecule has 150 valence electrons. The van der Waals surface area contributed by atoms with Crippen molar-refractivity contribution in [3.05, 3.63) is 94.8 Å². The molecular weight excluding hydrogens is 354 g/mol. The molecule has 0 amide bonds. The van der Waals surface area contributed by atoms with Crippen LogP contribution >= 0.6 is 0 Å². The SMILES string of the molecule is Cc1cccc(Cn2cccc2CN(Cc2ccc(C#N)cc2)[C@@H](C)C(C)C)c1. The Labute approximate surface area is 175 Å². The molecule has 0 spiro atoms. The molecule has 3 heteroatoms. The Kier molecular flexibility index (Phi) is 6.90. The fraction of sp³-hybridized carbons (Fsp3) is 0.346. The Hall–Kier alpha value is -2.83. The Morgan fingerprint density at radius 2 is 1.69 bits per heavy atom. The van der Waals surface area contributed by atoms with Crippen molar-refractivity contribution in [2.75, 3.05) is 0 Å². The molecular formula is C26H31N3. The van der Waals surface area contributed by atoms with E-state index in [1.807, 2.05) is 12.1 Å². The highest BCUT2D eigenvalue weighted by atomic mass is 15.2. The smallest absolute Gasteiger partial charge is 0.0991 e. The molecule has 29 heavy (non-hydrogen) atoms. The molecule has 0 bridgehead atoms. The maximum atomic E-state index is 9.05. The number of hydrogen-bond donors (Lipinski definition) is 0. The number of rotatable bonds is 8. The van der Waals surface area contributed by atoms with Crippen LogP contribution in [0.15, 0.2) is 66.9 Å². The van der Waals surface area contributed by atoms with Gasteiger partial charge in [-0.05, 0) is 55.2 Å². The number of aromatic nitrogens is 1. The lowest BCUT2D eigenvalue weighted by Crippen LogP contribution is -2.36. The van der Waals surface area contributed by atoms with Crippen molar-refractivity contribution in [2.45, 2.75) is 53.4 Å². The fourth-order valence-corrected chi connectivity index (χ4v) is 3.65. The van der Waals surface area contributed by atoms with Gasteiger partial charge in [-0.25, -0.2) is 0 Å². The quantitative estimate of drug-likeness (QED) is 0.493. The summed E-state index contributed by atoms with van der Waals surface area (Å²) in [5.41, 5.74) is 5.91. The summed E-state index contributed by atoms with van der Waals surface area (Å²) >= 11 is 0. The summed E-state index contributed by atoms with van der Waals surface area (Å²) < 4.78 is 2.35. The van der Waals surface area contributed by atoms with Crippen molar-refractivity contribution in [3.8, 4) is 6.07 Å². The first-order chi connectivity index (χ1) is 14.0. The lowest BCUT2D eigenvalue weighted by atomic mass is 10.0. The highest BCUT2D eigenvalue weighted by Gasteiger charge is 2.19. The number of nitrogens with zero attached hydrogens (tertiary/aromatic N) is 3. The van der Waals surface area contributed by atoms with Crippen LogP contribution in [-0.2, 0) is 19.6 Å². The molecule has 1 atom stereocenters. The summed E-state index contributed by atoms with van der Waals surface area (Å²) in [4.78, 5) is 2.54. The number of nitriles is 1. The first-order valence-corrected chi connectivity index (χ1v) is 10.4. The van der Waals surface area contributed by atoms with Gasteiger partial charge in [0.1, 0.15) is 0 Å². The van der Waals surface area contributed by atoms with Crippen LogP contribution in [0.5, 0.6) is 0 Å². The Balaban J connectivity index is 1.79. The molecule has 0 radical (unpaired) electrons. The van der Waals surface area contributed by atoms with Gasteiger partial charge in [-0.2, -0.15) is 5.26 Å². The minimum Gasteiger partial charge on any atom is -0.346 e. The van der Waals surface area contributed by atoms with E-state index in [-0.39, 0.29) is 0 Å². The van der Waals surface area contributed by atoms with Crippen LogP contribution in [0.1, 0.15) is 48.7 Å². The van der Waals surface area contributed by atoms with E-state index >= 15 is 0 Å². The van der Waals surface area contributed by atoms with E-state index in [4.69, 9.17) is 5.26 Å². The van der Waals surface area contributed by atoms with Gasteiger partial charge >= 0.3 is 0 Å². The zero-order valence-corrected chi connectivity index (χ0v) is 18.0. The molecule has 3 nitrogen and oxygen atoms in total. The molecule has 0 unspecified atom stereocenters. The average molecular weight is 386 g/mol.